The largest absolute Gasteiger partial charge is 0.383 e. The van der Waals surface area contributed by atoms with Gasteiger partial charge in [-0.3, -0.25) is 9.69 Å². The van der Waals surface area contributed by atoms with Gasteiger partial charge in [0.05, 0.1) is 24.1 Å². The molecule has 1 aliphatic heterocycles. The predicted octanol–water partition coefficient (Wildman–Crippen LogP) is 1.45. The number of halogens is 1. The third-order valence-electron chi connectivity index (χ3n) is 3.54. The molecule has 2 rings (SSSR count). The zero-order chi connectivity index (χ0) is 15.4. The molecule has 1 aromatic heterocycles. The fraction of sp³-hybridized carbons (Fsp3) is 0.714. The van der Waals surface area contributed by atoms with Crippen LogP contribution in [0.4, 0.5) is 5.69 Å². The number of rotatable bonds is 5. The SMILES string of the molecule is CC1CN(CCCNc2cnn(C)c(=O)c2Br)CC(C)O1. The summed E-state index contributed by atoms with van der Waals surface area (Å²) in [6, 6.07) is 0. The van der Waals surface area contributed by atoms with Crippen molar-refractivity contribution in [2.75, 3.05) is 31.5 Å². The second kappa shape index (κ2) is 7.38. The summed E-state index contributed by atoms with van der Waals surface area (Å²) in [5.74, 6) is 0. The molecule has 1 saturated heterocycles. The molecule has 2 unspecified atom stereocenters. The lowest BCUT2D eigenvalue weighted by atomic mass is 10.2. The van der Waals surface area contributed by atoms with E-state index in [2.05, 4.69) is 45.1 Å². The number of hydrogen-bond donors (Lipinski definition) is 1. The molecule has 0 amide bonds. The Morgan fingerprint density at radius 1 is 1.43 bits per heavy atom. The van der Waals surface area contributed by atoms with E-state index in [1.807, 2.05) is 0 Å². The van der Waals surface area contributed by atoms with Gasteiger partial charge in [-0.1, -0.05) is 0 Å². The zero-order valence-corrected chi connectivity index (χ0v) is 14.4. The highest BCUT2D eigenvalue weighted by molar-refractivity contribution is 9.10. The van der Waals surface area contributed by atoms with Gasteiger partial charge in [-0.15, -0.1) is 0 Å². The highest BCUT2D eigenvalue weighted by Gasteiger charge is 2.21. The number of aryl methyl sites for hydroxylation is 1. The molecule has 1 N–H and O–H groups in total. The Balaban J connectivity index is 1.77. The highest BCUT2D eigenvalue weighted by atomic mass is 79.9. The van der Waals surface area contributed by atoms with Crippen molar-refractivity contribution in [3.8, 4) is 0 Å². The van der Waals surface area contributed by atoms with Gasteiger partial charge in [-0.2, -0.15) is 5.10 Å². The van der Waals surface area contributed by atoms with Crippen LogP contribution in [0.2, 0.25) is 0 Å². The van der Waals surface area contributed by atoms with Crippen LogP contribution in [0.3, 0.4) is 0 Å². The number of ether oxygens (including phenoxy) is 1. The highest BCUT2D eigenvalue weighted by Crippen LogP contribution is 2.16. The zero-order valence-electron chi connectivity index (χ0n) is 12.8. The minimum atomic E-state index is -0.129. The average Bonchev–Trinajstić information content (AvgIpc) is 2.42. The summed E-state index contributed by atoms with van der Waals surface area (Å²) in [5.41, 5.74) is 0.623. The summed E-state index contributed by atoms with van der Waals surface area (Å²) < 4.78 is 7.57. The van der Waals surface area contributed by atoms with Crippen molar-refractivity contribution < 1.29 is 4.74 Å². The number of aromatic nitrogens is 2. The van der Waals surface area contributed by atoms with Gasteiger partial charge in [0.2, 0.25) is 0 Å². The van der Waals surface area contributed by atoms with Crippen LogP contribution in [0.15, 0.2) is 15.5 Å². The second-order valence-electron chi connectivity index (χ2n) is 5.60. The molecule has 0 saturated carbocycles. The van der Waals surface area contributed by atoms with E-state index in [0.717, 1.165) is 38.3 Å². The Morgan fingerprint density at radius 3 is 2.76 bits per heavy atom. The van der Waals surface area contributed by atoms with Gasteiger partial charge in [-0.05, 0) is 36.2 Å². The maximum atomic E-state index is 11.7. The maximum absolute atomic E-state index is 11.7. The van der Waals surface area contributed by atoms with Crippen LogP contribution in [-0.2, 0) is 11.8 Å². The van der Waals surface area contributed by atoms with Gasteiger partial charge >= 0.3 is 0 Å². The topological polar surface area (TPSA) is 59.4 Å². The van der Waals surface area contributed by atoms with Crippen molar-refractivity contribution >= 4 is 21.6 Å². The quantitative estimate of drug-likeness (QED) is 0.807. The van der Waals surface area contributed by atoms with Gasteiger partial charge < -0.3 is 10.1 Å². The van der Waals surface area contributed by atoms with Crippen LogP contribution in [0.25, 0.3) is 0 Å². The minimum Gasteiger partial charge on any atom is -0.383 e. The molecule has 2 heterocycles. The van der Waals surface area contributed by atoms with E-state index >= 15 is 0 Å². The molecule has 21 heavy (non-hydrogen) atoms. The van der Waals surface area contributed by atoms with E-state index < -0.39 is 0 Å². The molecular weight excluding hydrogens is 336 g/mol. The molecular formula is C14H23BrN4O2. The molecule has 0 aliphatic carbocycles. The summed E-state index contributed by atoms with van der Waals surface area (Å²) in [6.45, 7) is 8.05. The summed E-state index contributed by atoms with van der Waals surface area (Å²) in [6.07, 6.45) is 3.29. The number of nitrogens with one attached hydrogen (secondary N) is 1. The second-order valence-corrected chi connectivity index (χ2v) is 6.39. The molecule has 0 spiro atoms. The Hall–Kier alpha value is -0.920. The first-order valence-electron chi connectivity index (χ1n) is 7.31. The number of morpholine rings is 1. The molecule has 7 heteroatoms. The predicted molar refractivity (Wildman–Crippen MR) is 86.7 cm³/mol. The Morgan fingerprint density at radius 2 is 2.10 bits per heavy atom. The van der Waals surface area contributed by atoms with Crippen molar-refractivity contribution in [2.45, 2.75) is 32.5 Å². The molecule has 0 bridgehead atoms. The van der Waals surface area contributed by atoms with Gasteiger partial charge in [0, 0.05) is 33.2 Å². The Labute approximate surface area is 133 Å². The van der Waals surface area contributed by atoms with Crippen molar-refractivity contribution in [1.82, 2.24) is 14.7 Å². The van der Waals surface area contributed by atoms with E-state index in [1.165, 1.54) is 4.68 Å². The molecule has 1 fully saturated rings. The minimum absolute atomic E-state index is 0.129. The molecule has 118 valence electrons. The standard InChI is InChI=1S/C14H23BrN4O2/c1-10-8-19(9-11(2)21-10)6-4-5-16-12-7-17-18(3)14(20)13(12)15/h7,10-11,16H,4-6,8-9H2,1-3H3. The molecule has 6 nitrogen and oxygen atoms in total. The third kappa shape index (κ3) is 4.52. The van der Waals surface area contributed by atoms with E-state index in [0.29, 0.717) is 16.7 Å². The van der Waals surface area contributed by atoms with Crippen LogP contribution in [-0.4, -0.2) is 53.1 Å². The molecule has 0 aromatic carbocycles. The lowest BCUT2D eigenvalue weighted by Gasteiger charge is -2.35. The van der Waals surface area contributed by atoms with Crippen molar-refractivity contribution in [3.63, 3.8) is 0 Å². The third-order valence-corrected chi connectivity index (χ3v) is 4.31. The van der Waals surface area contributed by atoms with Crippen LogP contribution in [0.5, 0.6) is 0 Å². The maximum Gasteiger partial charge on any atom is 0.282 e. The summed E-state index contributed by atoms with van der Waals surface area (Å²) in [5, 5.41) is 7.28. The lowest BCUT2D eigenvalue weighted by molar-refractivity contribution is -0.0678. The van der Waals surface area contributed by atoms with Gasteiger partial charge in [0.1, 0.15) is 4.47 Å². The van der Waals surface area contributed by atoms with Gasteiger partial charge in [0.25, 0.3) is 5.56 Å². The van der Waals surface area contributed by atoms with E-state index in [9.17, 15) is 4.79 Å². The van der Waals surface area contributed by atoms with Crippen LogP contribution in [0.1, 0.15) is 20.3 Å². The smallest absolute Gasteiger partial charge is 0.282 e. The normalized spacial score (nSPS) is 23.2. The fourth-order valence-corrected chi connectivity index (χ4v) is 3.13. The lowest BCUT2D eigenvalue weighted by Crippen LogP contribution is -2.45. The van der Waals surface area contributed by atoms with Crippen LogP contribution >= 0.6 is 15.9 Å². The molecule has 0 radical (unpaired) electrons. The molecule has 2 atom stereocenters. The van der Waals surface area contributed by atoms with Crippen molar-refractivity contribution in [1.29, 1.82) is 0 Å². The summed E-state index contributed by atoms with van der Waals surface area (Å²) >= 11 is 3.31. The first-order valence-corrected chi connectivity index (χ1v) is 8.10. The first kappa shape index (κ1) is 16.5. The Bertz CT molecular complexity index is 524. The van der Waals surface area contributed by atoms with E-state index in [-0.39, 0.29) is 5.56 Å². The number of anilines is 1. The van der Waals surface area contributed by atoms with Gasteiger partial charge in [-0.25, -0.2) is 4.68 Å². The van der Waals surface area contributed by atoms with Crippen LogP contribution in [0, 0.1) is 0 Å². The monoisotopic (exact) mass is 358 g/mol. The first-order chi connectivity index (χ1) is 9.97. The van der Waals surface area contributed by atoms with Gasteiger partial charge in [0.15, 0.2) is 0 Å². The van der Waals surface area contributed by atoms with E-state index in [4.69, 9.17) is 4.74 Å². The van der Waals surface area contributed by atoms with Crippen LogP contribution < -0.4 is 10.9 Å². The summed E-state index contributed by atoms with van der Waals surface area (Å²) in [4.78, 5) is 14.2. The fourth-order valence-electron chi connectivity index (χ4n) is 2.63. The average molecular weight is 359 g/mol. The Kier molecular flexibility index (Phi) is 5.78. The van der Waals surface area contributed by atoms with E-state index in [1.54, 1.807) is 13.2 Å². The molecule has 1 aliphatic rings. The van der Waals surface area contributed by atoms with Crippen molar-refractivity contribution in [2.24, 2.45) is 7.05 Å². The number of hydrogen-bond acceptors (Lipinski definition) is 5. The number of nitrogens with zero attached hydrogens (tertiary/aromatic N) is 3. The van der Waals surface area contributed by atoms with Crippen molar-refractivity contribution in [3.05, 3.63) is 21.0 Å². The molecule has 1 aromatic rings. The summed E-state index contributed by atoms with van der Waals surface area (Å²) in [7, 11) is 1.64.